The Morgan fingerprint density at radius 3 is 1.80 bits per heavy atom. The van der Waals surface area contributed by atoms with Gasteiger partial charge in [-0.15, -0.1) is 0 Å². The molecule has 0 aliphatic heterocycles. The maximum absolute atomic E-state index is 12.6. The summed E-state index contributed by atoms with van der Waals surface area (Å²) in [6.45, 7) is 4.12. The van der Waals surface area contributed by atoms with Gasteiger partial charge in [-0.05, 0) is 38.5 Å². The number of rotatable bonds is 31. The number of hydrogen-bond acceptors (Lipinski definition) is 6. The van der Waals surface area contributed by atoms with Gasteiger partial charge in [-0.3, -0.25) is 13.8 Å². The third-order valence-electron chi connectivity index (χ3n) is 7.37. The number of aliphatic hydroxyl groups excluding tert-OH is 1. The van der Waals surface area contributed by atoms with Crippen LogP contribution >= 0.6 is 7.82 Å². The zero-order valence-electron chi connectivity index (χ0n) is 26.5. The molecule has 0 aliphatic carbocycles. The molecule has 0 saturated heterocycles. The molecule has 0 aromatic rings. The van der Waals surface area contributed by atoms with Gasteiger partial charge < -0.3 is 21.1 Å². The smallest absolute Gasteiger partial charge is 0.391 e. The molecule has 0 aliphatic rings. The van der Waals surface area contributed by atoms with Crippen molar-refractivity contribution in [2.24, 2.45) is 5.73 Å². The summed E-state index contributed by atoms with van der Waals surface area (Å²) in [5, 5.41) is 13.6. The van der Waals surface area contributed by atoms with Crippen molar-refractivity contribution in [3.63, 3.8) is 0 Å². The number of aliphatic hydroxyl groups is 1. The molecule has 0 spiro atoms. The van der Waals surface area contributed by atoms with Crippen LogP contribution in [-0.2, 0) is 18.4 Å². The average Bonchev–Trinajstić information content (AvgIpc) is 2.95. The number of hydrogen-bond donors (Lipinski definition) is 4. The summed E-state index contributed by atoms with van der Waals surface area (Å²) >= 11 is 0. The molecule has 244 valence electrons. The molecule has 8 nitrogen and oxygen atoms in total. The first-order chi connectivity index (χ1) is 19.9. The van der Waals surface area contributed by atoms with E-state index in [0.717, 1.165) is 51.4 Å². The number of nitrogens with two attached hydrogens (primary N) is 1. The Morgan fingerprint density at radius 2 is 1.27 bits per heavy atom. The van der Waals surface area contributed by atoms with Crippen LogP contribution in [-0.4, -0.2) is 47.8 Å². The quantitative estimate of drug-likeness (QED) is 0.0357. The summed E-state index contributed by atoms with van der Waals surface area (Å²) in [5.41, 5.74) is 5.33. The molecule has 41 heavy (non-hydrogen) atoms. The third kappa shape index (κ3) is 27.8. The molecular formula is C32H65N2O6P. The largest absolute Gasteiger partial charge is 0.472 e. The predicted octanol–water partition coefficient (Wildman–Crippen LogP) is 8.10. The Morgan fingerprint density at radius 1 is 0.780 bits per heavy atom. The normalized spacial score (nSPS) is 14.8. The Hall–Kier alpha value is -0.760. The van der Waals surface area contributed by atoms with Crippen molar-refractivity contribution >= 4 is 13.7 Å². The minimum Gasteiger partial charge on any atom is -0.391 e. The Labute approximate surface area is 252 Å². The van der Waals surface area contributed by atoms with E-state index in [0.29, 0.717) is 12.8 Å². The van der Waals surface area contributed by atoms with Crippen LogP contribution in [0, 0.1) is 0 Å². The third-order valence-corrected chi connectivity index (χ3v) is 8.35. The maximum Gasteiger partial charge on any atom is 0.472 e. The second-order valence-electron chi connectivity index (χ2n) is 11.4. The number of unbranched alkanes of at least 4 members (excludes halogenated alkanes) is 17. The van der Waals surface area contributed by atoms with E-state index in [1.165, 1.54) is 77.0 Å². The van der Waals surface area contributed by atoms with Crippen molar-refractivity contribution in [1.82, 2.24) is 5.32 Å². The summed E-state index contributed by atoms with van der Waals surface area (Å²) in [6.07, 6.45) is 28.0. The lowest BCUT2D eigenvalue weighted by Gasteiger charge is -2.25. The van der Waals surface area contributed by atoms with Gasteiger partial charge in [-0.25, -0.2) is 4.57 Å². The zero-order chi connectivity index (χ0) is 30.4. The van der Waals surface area contributed by atoms with Crippen molar-refractivity contribution in [1.29, 1.82) is 0 Å². The van der Waals surface area contributed by atoms with Gasteiger partial charge in [0.05, 0.1) is 25.4 Å². The Bertz CT molecular complexity index is 664. The van der Waals surface area contributed by atoms with Crippen molar-refractivity contribution in [2.45, 2.75) is 167 Å². The number of phosphoric acid groups is 1. The van der Waals surface area contributed by atoms with Crippen LogP contribution < -0.4 is 11.1 Å². The van der Waals surface area contributed by atoms with Gasteiger partial charge in [0.1, 0.15) is 0 Å². The first-order valence-corrected chi connectivity index (χ1v) is 18.3. The van der Waals surface area contributed by atoms with Gasteiger partial charge in [-0.1, -0.05) is 122 Å². The van der Waals surface area contributed by atoms with E-state index in [2.05, 4.69) is 31.3 Å². The fourth-order valence-corrected chi connectivity index (χ4v) is 5.54. The van der Waals surface area contributed by atoms with Crippen LogP contribution in [0.4, 0.5) is 0 Å². The lowest BCUT2D eigenvalue weighted by atomic mass is 10.0. The summed E-state index contributed by atoms with van der Waals surface area (Å²) < 4.78 is 21.9. The van der Waals surface area contributed by atoms with Crippen molar-refractivity contribution < 1.29 is 28.4 Å². The Kier molecular flexibility index (Phi) is 28.8. The lowest BCUT2D eigenvalue weighted by molar-refractivity contribution is -0.123. The summed E-state index contributed by atoms with van der Waals surface area (Å²) in [5.74, 6) is -0.175. The molecule has 0 fully saturated rings. The highest BCUT2D eigenvalue weighted by Crippen LogP contribution is 2.43. The average molecular weight is 605 g/mol. The molecule has 0 saturated carbocycles. The first kappa shape index (κ1) is 40.2. The summed E-state index contributed by atoms with van der Waals surface area (Å²) in [4.78, 5) is 22.4. The number of allylic oxidation sites excluding steroid dienone is 2. The molecule has 1 amide bonds. The highest BCUT2D eigenvalue weighted by molar-refractivity contribution is 7.47. The molecule has 0 rings (SSSR count). The van der Waals surface area contributed by atoms with Crippen molar-refractivity contribution in [3.8, 4) is 0 Å². The number of phosphoric ester groups is 1. The minimum atomic E-state index is -4.29. The van der Waals surface area contributed by atoms with E-state index < -0.39 is 20.0 Å². The summed E-state index contributed by atoms with van der Waals surface area (Å²) in [7, 11) is -4.29. The molecule has 9 heteroatoms. The minimum absolute atomic E-state index is 0.0882. The monoisotopic (exact) mass is 604 g/mol. The fourth-order valence-electron chi connectivity index (χ4n) is 4.78. The van der Waals surface area contributed by atoms with Crippen LogP contribution in [0.15, 0.2) is 12.2 Å². The molecule has 0 aromatic carbocycles. The number of carbonyl (C=O) groups is 1. The van der Waals surface area contributed by atoms with Gasteiger partial charge in [0.25, 0.3) is 0 Å². The lowest BCUT2D eigenvalue weighted by Crippen LogP contribution is -2.46. The van der Waals surface area contributed by atoms with Crippen LogP contribution in [0.3, 0.4) is 0 Å². The second kappa shape index (κ2) is 29.3. The van der Waals surface area contributed by atoms with Crippen molar-refractivity contribution in [2.75, 3.05) is 19.8 Å². The van der Waals surface area contributed by atoms with E-state index in [1.807, 2.05) is 0 Å². The molecule has 0 aromatic heterocycles. The van der Waals surface area contributed by atoms with Gasteiger partial charge in [0.15, 0.2) is 0 Å². The number of amides is 1. The van der Waals surface area contributed by atoms with Gasteiger partial charge in [-0.2, -0.15) is 0 Å². The standard InChI is InChI=1S/C32H65N2O6P/c1-3-5-7-9-11-12-13-14-15-16-17-18-20-22-24-26-32(36)34-30(29-40-41(37,38)39-28-27-33)31(35)25-23-21-19-10-8-6-4-2/h14-15,30-31,35H,3-13,16-29,33H2,1-2H3,(H,34,36)(H,37,38)/b15-14-. The first-order valence-electron chi connectivity index (χ1n) is 16.8. The highest BCUT2D eigenvalue weighted by Gasteiger charge is 2.27. The van der Waals surface area contributed by atoms with Crippen molar-refractivity contribution in [3.05, 3.63) is 12.2 Å². The molecular weight excluding hydrogens is 539 g/mol. The van der Waals surface area contributed by atoms with E-state index in [4.69, 9.17) is 14.8 Å². The SMILES string of the molecule is CCCCCCCC/C=C\CCCCCCCC(=O)NC(COP(=O)(O)OCCN)C(O)CCCCCCCCC. The Balaban J connectivity index is 4.24. The topological polar surface area (TPSA) is 131 Å². The predicted molar refractivity (Wildman–Crippen MR) is 171 cm³/mol. The molecule has 5 N–H and O–H groups in total. The van der Waals surface area contributed by atoms with Crippen LogP contribution in [0.5, 0.6) is 0 Å². The van der Waals surface area contributed by atoms with Gasteiger partial charge in [0, 0.05) is 13.0 Å². The molecule has 3 atom stereocenters. The number of carbonyl (C=O) groups excluding carboxylic acids is 1. The van der Waals surface area contributed by atoms with E-state index >= 15 is 0 Å². The number of nitrogens with one attached hydrogen (secondary N) is 1. The van der Waals surface area contributed by atoms with E-state index in [-0.39, 0.29) is 25.7 Å². The maximum atomic E-state index is 12.6. The second-order valence-corrected chi connectivity index (χ2v) is 12.8. The highest BCUT2D eigenvalue weighted by atomic mass is 31.2. The van der Waals surface area contributed by atoms with Gasteiger partial charge >= 0.3 is 7.82 Å². The van der Waals surface area contributed by atoms with E-state index in [9.17, 15) is 19.4 Å². The van der Waals surface area contributed by atoms with E-state index in [1.54, 1.807) is 0 Å². The summed E-state index contributed by atoms with van der Waals surface area (Å²) in [6, 6.07) is -0.771. The van der Waals surface area contributed by atoms with Crippen LogP contribution in [0.1, 0.15) is 155 Å². The molecule has 0 bridgehead atoms. The fraction of sp³-hybridized carbons (Fsp3) is 0.906. The van der Waals surface area contributed by atoms with Gasteiger partial charge in [0.2, 0.25) is 5.91 Å². The zero-order valence-corrected chi connectivity index (χ0v) is 27.4. The van der Waals surface area contributed by atoms with Crippen LogP contribution in [0.2, 0.25) is 0 Å². The molecule has 3 unspecified atom stereocenters. The molecule has 0 heterocycles. The molecule has 0 radical (unpaired) electrons. The van der Waals surface area contributed by atoms with Crippen LogP contribution in [0.25, 0.3) is 0 Å².